The van der Waals surface area contributed by atoms with E-state index >= 15 is 0 Å². The molecule has 1 aliphatic carbocycles. The molecular formula is C19H21N. The van der Waals surface area contributed by atoms with E-state index < -0.39 is 0 Å². The Bertz CT molecular complexity index is 602. The number of piperidine rings is 1. The van der Waals surface area contributed by atoms with Crippen molar-refractivity contribution in [3.8, 4) is 11.1 Å². The largest absolute Gasteiger partial charge is 0.313 e. The van der Waals surface area contributed by atoms with Gasteiger partial charge in [0.1, 0.15) is 0 Å². The minimum atomic E-state index is 0.721. The highest BCUT2D eigenvalue weighted by atomic mass is 14.9. The molecular weight excluding hydrogens is 242 g/mol. The van der Waals surface area contributed by atoms with Gasteiger partial charge in [-0.1, -0.05) is 48.5 Å². The molecule has 0 amide bonds. The Morgan fingerprint density at radius 2 is 1.80 bits per heavy atom. The van der Waals surface area contributed by atoms with Gasteiger partial charge in [-0.2, -0.15) is 0 Å². The fourth-order valence-corrected chi connectivity index (χ4v) is 3.93. The van der Waals surface area contributed by atoms with Gasteiger partial charge in [0.15, 0.2) is 0 Å². The summed E-state index contributed by atoms with van der Waals surface area (Å²) in [6, 6.07) is 18.6. The molecule has 102 valence electrons. The molecule has 0 spiro atoms. The average molecular weight is 263 g/mol. The van der Waals surface area contributed by atoms with Crippen molar-refractivity contribution in [1.82, 2.24) is 5.32 Å². The zero-order valence-corrected chi connectivity index (χ0v) is 11.8. The van der Waals surface area contributed by atoms with Crippen LogP contribution >= 0.6 is 0 Å². The van der Waals surface area contributed by atoms with Crippen LogP contribution in [0.4, 0.5) is 0 Å². The number of hydrogen-bond acceptors (Lipinski definition) is 1. The molecule has 4 rings (SSSR count). The fraction of sp³-hybridized carbons (Fsp3) is 0.368. The molecule has 0 radical (unpaired) electrons. The number of hydrogen-bond donors (Lipinski definition) is 1. The van der Waals surface area contributed by atoms with E-state index in [0.29, 0.717) is 0 Å². The Kier molecular flexibility index (Phi) is 3.08. The molecule has 1 fully saturated rings. The predicted molar refractivity (Wildman–Crippen MR) is 84.0 cm³/mol. The lowest BCUT2D eigenvalue weighted by atomic mass is 9.74. The molecule has 20 heavy (non-hydrogen) atoms. The average Bonchev–Trinajstić information content (AvgIpc) is 2.55. The molecule has 2 atom stereocenters. The van der Waals surface area contributed by atoms with Crippen LogP contribution in [-0.4, -0.2) is 12.6 Å². The molecule has 1 nitrogen and oxygen atoms in total. The maximum atomic E-state index is 3.71. The number of aryl methyl sites for hydroxylation is 1. The first kappa shape index (κ1) is 12.2. The lowest BCUT2D eigenvalue weighted by Crippen LogP contribution is -2.42. The van der Waals surface area contributed by atoms with Crippen LogP contribution in [0.2, 0.25) is 0 Å². The highest BCUT2D eigenvalue weighted by molar-refractivity contribution is 5.65. The first-order valence-electron chi connectivity index (χ1n) is 7.83. The molecule has 2 aromatic rings. The Hall–Kier alpha value is -1.60. The van der Waals surface area contributed by atoms with Gasteiger partial charge >= 0.3 is 0 Å². The number of fused-ring (bicyclic) bond motifs is 3. The van der Waals surface area contributed by atoms with Crippen molar-refractivity contribution in [2.75, 3.05) is 6.54 Å². The normalized spacial score (nSPS) is 24.8. The summed E-state index contributed by atoms with van der Waals surface area (Å²) in [5, 5.41) is 3.71. The molecule has 2 aliphatic rings. The summed E-state index contributed by atoms with van der Waals surface area (Å²) >= 11 is 0. The topological polar surface area (TPSA) is 12.0 Å². The van der Waals surface area contributed by atoms with Gasteiger partial charge in [-0.15, -0.1) is 0 Å². The minimum absolute atomic E-state index is 0.721. The van der Waals surface area contributed by atoms with Gasteiger partial charge < -0.3 is 5.32 Å². The third-order valence-electron chi connectivity index (χ3n) is 4.96. The smallest absolute Gasteiger partial charge is 0.0139 e. The molecule has 1 aliphatic heterocycles. The zero-order chi connectivity index (χ0) is 13.4. The van der Waals surface area contributed by atoms with Crippen LogP contribution in [0.5, 0.6) is 0 Å². The molecule has 1 saturated heterocycles. The highest BCUT2D eigenvalue weighted by Crippen LogP contribution is 2.38. The second-order valence-electron chi connectivity index (χ2n) is 6.13. The van der Waals surface area contributed by atoms with Crippen LogP contribution in [0.15, 0.2) is 48.5 Å². The number of rotatable bonds is 1. The van der Waals surface area contributed by atoms with Crippen molar-refractivity contribution in [3.63, 3.8) is 0 Å². The first-order valence-corrected chi connectivity index (χ1v) is 7.83. The lowest BCUT2D eigenvalue weighted by molar-refractivity contribution is 0.319. The summed E-state index contributed by atoms with van der Waals surface area (Å²) in [5.74, 6) is 0.748. The second kappa shape index (κ2) is 5.06. The van der Waals surface area contributed by atoms with E-state index in [4.69, 9.17) is 0 Å². The number of nitrogens with one attached hydrogen (secondary N) is 1. The van der Waals surface area contributed by atoms with Crippen LogP contribution in [0.25, 0.3) is 11.1 Å². The van der Waals surface area contributed by atoms with Crippen LogP contribution in [-0.2, 0) is 6.42 Å². The standard InChI is InChI=1S/C19H21N/c1-2-5-14(6-3-1)15-8-10-17-16(13-15)9-11-19-18(17)7-4-12-20-19/h1-3,5-6,8,10,13,18-20H,4,7,9,11-12H2/t18-,19-/m1/s1. The summed E-state index contributed by atoms with van der Waals surface area (Å²) in [7, 11) is 0. The summed E-state index contributed by atoms with van der Waals surface area (Å²) in [5.41, 5.74) is 5.88. The predicted octanol–water partition coefficient (Wildman–Crippen LogP) is 4.14. The zero-order valence-electron chi connectivity index (χ0n) is 11.8. The maximum absolute atomic E-state index is 3.71. The van der Waals surface area contributed by atoms with Gasteiger partial charge in [0.2, 0.25) is 0 Å². The van der Waals surface area contributed by atoms with Crippen molar-refractivity contribution in [1.29, 1.82) is 0 Å². The quantitative estimate of drug-likeness (QED) is 0.815. The SMILES string of the molecule is c1ccc(-c2ccc3c(c2)CC[C@H]2NCCC[C@H]32)cc1. The van der Waals surface area contributed by atoms with E-state index in [1.54, 1.807) is 11.1 Å². The monoisotopic (exact) mass is 263 g/mol. The van der Waals surface area contributed by atoms with Crippen molar-refractivity contribution in [2.24, 2.45) is 0 Å². The summed E-state index contributed by atoms with van der Waals surface area (Å²) in [6.07, 6.45) is 5.20. The van der Waals surface area contributed by atoms with Gasteiger partial charge in [-0.25, -0.2) is 0 Å². The molecule has 0 saturated carbocycles. The van der Waals surface area contributed by atoms with E-state index in [1.807, 2.05) is 0 Å². The van der Waals surface area contributed by atoms with E-state index in [2.05, 4.69) is 53.8 Å². The van der Waals surface area contributed by atoms with Gasteiger partial charge in [-0.05, 0) is 60.4 Å². The van der Waals surface area contributed by atoms with Crippen molar-refractivity contribution in [3.05, 3.63) is 59.7 Å². The van der Waals surface area contributed by atoms with Gasteiger partial charge in [0.05, 0.1) is 0 Å². The van der Waals surface area contributed by atoms with E-state index in [9.17, 15) is 0 Å². The molecule has 0 bridgehead atoms. The minimum Gasteiger partial charge on any atom is -0.313 e. The first-order chi connectivity index (χ1) is 9.92. The molecule has 1 heteroatoms. The van der Waals surface area contributed by atoms with Crippen LogP contribution < -0.4 is 5.32 Å². The molecule has 0 aromatic heterocycles. The van der Waals surface area contributed by atoms with Crippen molar-refractivity contribution < 1.29 is 0 Å². The summed E-state index contributed by atoms with van der Waals surface area (Å²) < 4.78 is 0. The molecule has 1 heterocycles. The van der Waals surface area contributed by atoms with Crippen LogP contribution in [0, 0.1) is 0 Å². The third-order valence-corrected chi connectivity index (χ3v) is 4.96. The Labute approximate surface area is 121 Å². The van der Waals surface area contributed by atoms with E-state index in [-0.39, 0.29) is 0 Å². The van der Waals surface area contributed by atoms with Gasteiger partial charge in [0, 0.05) is 6.04 Å². The molecule has 0 unspecified atom stereocenters. The van der Waals surface area contributed by atoms with Crippen LogP contribution in [0.1, 0.15) is 36.3 Å². The van der Waals surface area contributed by atoms with E-state index in [1.165, 1.54) is 43.4 Å². The second-order valence-corrected chi connectivity index (χ2v) is 6.13. The Morgan fingerprint density at radius 1 is 0.900 bits per heavy atom. The lowest BCUT2D eigenvalue weighted by Gasteiger charge is -2.38. The van der Waals surface area contributed by atoms with Crippen molar-refractivity contribution in [2.45, 2.75) is 37.6 Å². The van der Waals surface area contributed by atoms with Gasteiger partial charge in [-0.3, -0.25) is 0 Å². The summed E-state index contributed by atoms with van der Waals surface area (Å²) in [6.45, 7) is 1.21. The van der Waals surface area contributed by atoms with Crippen molar-refractivity contribution >= 4 is 0 Å². The van der Waals surface area contributed by atoms with Gasteiger partial charge in [0.25, 0.3) is 0 Å². The molecule has 1 N–H and O–H groups in total. The summed E-state index contributed by atoms with van der Waals surface area (Å²) in [4.78, 5) is 0. The molecule has 2 aromatic carbocycles. The Balaban J connectivity index is 1.72. The highest BCUT2D eigenvalue weighted by Gasteiger charge is 2.31. The number of benzene rings is 2. The fourth-order valence-electron chi connectivity index (χ4n) is 3.93. The Morgan fingerprint density at radius 3 is 2.70 bits per heavy atom. The maximum Gasteiger partial charge on any atom is 0.0139 e. The third kappa shape index (κ3) is 2.06. The van der Waals surface area contributed by atoms with E-state index in [0.717, 1.165) is 12.0 Å². The van der Waals surface area contributed by atoms with Crippen LogP contribution in [0.3, 0.4) is 0 Å².